The standard InChI is InChI=1S/C12H9BrClFN2O2S/c13-9-6-8(16)2-4-12(9)20(18,19)17-11-5-7(14)1-3-10(11)15/h1-6,17H,16H2. The molecule has 0 spiro atoms. The quantitative estimate of drug-likeness (QED) is 0.800. The second-order valence-electron chi connectivity index (χ2n) is 3.92. The summed E-state index contributed by atoms with van der Waals surface area (Å²) in [5.41, 5.74) is 5.73. The van der Waals surface area contributed by atoms with Crippen LogP contribution in [0.3, 0.4) is 0 Å². The van der Waals surface area contributed by atoms with Gasteiger partial charge in [0.15, 0.2) is 0 Å². The molecule has 0 saturated carbocycles. The van der Waals surface area contributed by atoms with E-state index < -0.39 is 15.8 Å². The molecule has 0 aliphatic heterocycles. The van der Waals surface area contributed by atoms with E-state index in [9.17, 15) is 12.8 Å². The third kappa shape index (κ3) is 3.23. The topological polar surface area (TPSA) is 72.2 Å². The number of anilines is 2. The number of sulfonamides is 1. The second kappa shape index (κ2) is 5.59. The normalized spacial score (nSPS) is 11.3. The van der Waals surface area contributed by atoms with Gasteiger partial charge in [-0.25, -0.2) is 12.8 Å². The zero-order valence-corrected chi connectivity index (χ0v) is 13.1. The minimum atomic E-state index is -3.95. The van der Waals surface area contributed by atoms with E-state index in [1.54, 1.807) is 0 Å². The molecule has 8 heteroatoms. The van der Waals surface area contributed by atoms with Crippen molar-refractivity contribution < 1.29 is 12.8 Å². The summed E-state index contributed by atoms with van der Waals surface area (Å²) < 4.78 is 40.4. The van der Waals surface area contributed by atoms with E-state index in [-0.39, 0.29) is 20.1 Å². The van der Waals surface area contributed by atoms with E-state index in [4.69, 9.17) is 17.3 Å². The van der Waals surface area contributed by atoms with Crippen LogP contribution in [0.25, 0.3) is 0 Å². The smallest absolute Gasteiger partial charge is 0.263 e. The van der Waals surface area contributed by atoms with Gasteiger partial charge in [-0.3, -0.25) is 4.72 Å². The molecule has 0 saturated heterocycles. The van der Waals surface area contributed by atoms with Crippen molar-refractivity contribution in [1.29, 1.82) is 0 Å². The van der Waals surface area contributed by atoms with Crippen molar-refractivity contribution in [3.63, 3.8) is 0 Å². The molecule has 0 unspecified atom stereocenters. The zero-order chi connectivity index (χ0) is 14.9. The molecule has 0 atom stereocenters. The maximum absolute atomic E-state index is 13.6. The van der Waals surface area contributed by atoms with Crippen LogP contribution in [0.1, 0.15) is 0 Å². The molecule has 3 N–H and O–H groups in total. The van der Waals surface area contributed by atoms with E-state index in [2.05, 4.69) is 20.7 Å². The van der Waals surface area contributed by atoms with Gasteiger partial charge in [0.2, 0.25) is 0 Å². The number of benzene rings is 2. The summed E-state index contributed by atoms with van der Waals surface area (Å²) in [6.45, 7) is 0. The fourth-order valence-corrected chi connectivity index (χ4v) is 3.84. The molecule has 0 fully saturated rings. The van der Waals surface area contributed by atoms with Crippen molar-refractivity contribution in [2.24, 2.45) is 0 Å². The van der Waals surface area contributed by atoms with Crippen LogP contribution in [0.15, 0.2) is 45.8 Å². The molecule has 0 aromatic heterocycles. The lowest BCUT2D eigenvalue weighted by Crippen LogP contribution is -2.14. The Morgan fingerprint density at radius 2 is 1.90 bits per heavy atom. The molecular formula is C12H9BrClFN2O2S. The van der Waals surface area contributed by atoms with Gasteiger partial charge in [-0.1, -0.05) is 11.6 Å². The minimum absolute atomic E-state index is 0.0499. The van der Waals surface area contributed by atoms with Gasteiger partial charge in [0.25, 0.3) is 10.0 Å². The van der Waals surface area contributed by atoms with Crippen LogP contribution in [-0.4, -0.2) is 8.42 Å². The van der Waals surface area contributed by atoms with Crippen molar-refractivity contribution in [2.75, 3.05) is 10.5 Å². The number of nitrogens with one attached hydrogen (secondary N) is 1. The van der Waals surface area contributed by atoms with Crippen LogP contribution >= 0.6 is 27.5 Å². The fourth-order valence-electron chi connectivity index (χ4n) is 1.51. The maximum Gasteiger partial charge on any atom is 0.263 e. The molecule has 2 aromatic rings. The SMILES string of the molecule is Nc1ccc(S(=O)(=O)Nc2cc(Cl)ccc2F)c(Br)c1. The van der Waals surface area contributed by atoms with Gasteiger partial charge < -0.3 is 5.73 Å². The molecule has 0 aliphatic carbocycles. The Morgan fingerprint density at radius 3 is 2.55 bits per heavy atom. The van der Waals surface area contributed by atoms with E-state index in [1.807, 2.05) is 0 Å². The monoisotopic (exact) mass is 378 g/mol. The fraction of sp³-hybridized carbons (Fsp3) is 0. The highest BCUT2D eigenvalue weighted by Gasteiger charge is 2.19. The minimum Gasteiger partial charge on any atom is -0.399 e. The van der Waals surface area contributed by atoms with E-state index >= 15 is 0 Å². The largest absolute Gasteiger partial charge is 0.399 e. The first-order valence-corrected chi connectivity index (χ1v) is 7.98. The highest BCUT2D eigenvalue weighted by Crippen LogP contribution is 2.28. The van der Waals surface area contributed by atoms with Crippen LogP contribution in [0.5, 0.6) is 0 Å². The third-order valence-electron chi connectivity index (χ3n) is 2.42. The molecule has 20 heavy (non-hydrogen) atoms. The first-order valence-electron chi connectivity index (χ1n) is 5.32. The molecule has 4 nitrogen and oxygen atoms in total. The van der Waals surface area contributed by atoms with Crippen LogP contribution in [0.2, 0.25) is 5.02 Å². The van der Waals surface area contributed by atoms with E-state index in [1.165, 1.54) is 30.3 Å². The number of nitrogen functional groups attached to an aromatic ring is 1. The predicted molar refractivity (Wildman–Crippen MR) is 80.8 cm³/mol. The second-order valence-corrected chi connectivity index (χ2v) is 6.86. The summed E-state index contributed by atoms with van der Waals surface area (Å²) in [5.74, 6) is -0.718. The Hall–Kier alpha value is -1.31. The zero-order valence-electron chi connectivity index (χ0n) is 9.90. The Balaban J connectivity index is 2.43. The molecule has 2 rings (SSSR count). The molecular weight excluding hydrogens is 371 g/mol. The van der Waals surface area contributed by atoms with Gasteiger partial charge in [-0.2, -0.15) is 0 Å². The molecule has 0 radical (unpaired) electrons. The van der Waals surface area contributed by atoms with Crippen molar-refractivity contribution in [2.45, 2.75) is 4.90 Å². The lowest BCUT2D eigenvalue weighted by atomic mass is 10.3. The first kappa shape index (κ1) is 15.1. The van der Waals surface area contributed by atoms with Gasteiger partial charge >= 0.3 is 0 Å². The van der Waals surface area contributed by atoms with E-state index in [0.29, 0.717) is 5.69 Å². The third-order valence-corrected chi connectivity index (χ3v) is 5.00. The van der Waals surface area contributed by atoms with E-state index in [0.717, 1.165) is 6.07 Å². The lowest BCUT2D eigenvalue weighted by molar-refractivity contribution is 0.598. The molecule has 106 valence electrons. The number of nitrogens with two attached hydrogens (primary N) is 1. The summed E-state index contributed by atoms with van der Waals surface area (Å²) in [6.07, 6.45) is 0. The van der Waals surface area contributed by atoms with Crippen molar-refractivity contribution in [3.8, 4) is 0 Å². The van der Waals surface area contributed by atoms with Gasteiger partial charge in [0, 0.05) is 15.2 Å². The van der Waals surface area contributed by atoms with Gasteiger partial charge in [0.05, 0.1) is 5.69 Å². The highest BCUT2D eigenvalue weighted by molar-refractivity contribution is 9.10. The molecule has 2 aromatic carbocycles. The van der Waals surface area contributed by atoms with Crippen molar-refractivity contribution >= 4 is 48.9 Å². The van der Waals surface area contributed by atoms with Gasteiger partial charge in [-0.15, -0.1) is 0 Å². The number of hydrogen-bond donors (Lipinski definition) is 2. The van der Waals surface area contributed by atoms with Crippen molar-refractivity contribution in [3.05, 3.63) is 51.7 Å². The first-order chi connectivity index (χ1) is 9.29. The summed E-state index contributed by atoms with van der Waals surface area (Å²) in [5, 5.41) is 0.223. The maximum atomic E-state index is 13.6. The molecule has 0 heterocycles. The highest BCUT2D eigenvalue weighted by atomic mass is 79.9. The van der Waals surface area contributed by atoms with Crippen LogP contribution < -0.4 is 10.5 Å². The summed E-state index contributed by atoms with van der Waals surface area (Å²) in [7, 11) is -3.95. The Bertz CT molecular complexity index is 768. The number of rotatable bonds is 3. The molecule has 0 bridgehead atoms. The van der Waals surface area contributed by atoms with Crippen molar-refractivity contribution in [1.82, 2.24) is 0 Å². The lowest BCUT2D eigenvalue weighted by Gasteiger charge is -2.11. The molecule has 0 amide bonds. The summed E-state index contributed by atoms with van der Waals surface area (Å²) in [4.78, 5) is -0.0499. The Kier molecular flexibility index (Phi) is 4.22. The summed E-state index contributed by atoms with van der Waals surface area (Å²) in [6, 6.07) is 7.81. The predicted octanol–water partition coefficient (Wildman–Crippen LogP) is 3.62. The summed E-state index contributed by atoms with van der Waals surface area (Å²) >= 11 is 8.83. The van der Waals surface area contributed by atoms with Crippen LogP contribution in [0, 0.1) is 5.82 Å². The van der Waals surface area contributed by atoms with Crippen LogP contribution in [0.4, 0.5) is 15.8 Å². The number of halogens is 3. The average Bonchev–Trinajstić information content (AvgIpc) is 2.33. The Morgan fingerprint density at radius 1 is 1.20 bits per heavy atom. The average molecular weight is 380 g/mol. The number of hydrogen-bond acceptors (Lipinski definition) is 3. The van der Waals surface area contributed by atoms with Gasteiger partial charge in [0.1, 0.15) is 10.7 Å². The Labute approximate surface area is 128 Å². The van der Waals surface area contributed by atoms with Crippen LogP contribution in [-0.2, 0) is 10.0 Å². The van der Waals surface area contributed by atoms with Gasteiger partial charge in [-0.05, 0) is 52.3 Å². The molecule has 0 aliphatic rings.